The first-order valence-electron chi connectivity index (χ1n) is 28.5. The summed E-state index contributed by atoms with van der Waals surface area (Å²) in [4.78, 5) is 26.8. The Morgan fingerprint density at radius 3 is 2.01 bits per heavy atom. The Balaban J connectivity index is 0.679. The van der Waals surface area contributed by atoms with E-state index in [2.05, 4.69) is 40.9 Å². The van der Waals surface area contributed by atoms with Gasteiger partial charge < -0.3 is 71.1 Å². The topological polar surface area (TPSA) is 173 Å². The second kappa shape index (κ2) is 17.4. The van der Waals surface area contributed by atoms with Crippen LogP contribution in [0.5, 0.6) is 0 Å². The Bertz CT molecular complexity index is 2240. The summed E-state index contributed by atoms with van der Waals surface area (Å²) in [6.45, 7) is 17.8. The van der Waals surface area contributed by atoms with Crippen LogP contribution in [-0.2, 0) is 80.6 Å². The molecule has 73 heavy (non-hydrogen) atoms. The summed E-state index contributed by atoms with van der Waals surface area (Å²) in [6, 6.07) is 0. The van der Waals surface area contributed by atoms with Crippen molar-refractivity contribution in [3.05, 3.63) is 24.3 Å². The van der Waals surface area contributed by atoms with Crippen LogP contribution in [-0.4, -0.2) is 158 Å². The molecule has 16 aliphatic rings. The number of hydrogen-bond acceptors (Lipinski definition) is 17. The molecule has 0 radical (unpaired) electrons. The Labute approximate surface area is 427 Å². The lowest BCUT2D eigenvalue weighted by molar-refractivity contribution is -0.372. The molecule has 402 valence electrons. The summed E-state index contributed by atoms with van der Waals surface area (Å²) in [6.07, 6.45) is 4.91. The quantitative estimate of drug-likeness (QED) is 0.199. The van der Waals surface area contributed by atoms with Crippen molar-refractivity contribution in [2.24, 2.45) is 29.6 Å². The van der Waals surface area contributed by atoms with E-state index in [4.69, 9.17) is 71.1 Å². The smallest absolute Gasteiger partial charge is 0.308 e. The average molecular weight is 1020 g/mol. The molecule has 0 aromatic carbocycles. The fourth-order valence-corrected chi connectivity index (χ4v) is 17.2. The van der Waals surface area contributed by atoms with Gasteiger partial charge >= 0.3 is 11.9 Å². The molecule has 0 aliphatic carbocycles. The highest BCUT2D eigenvalue weighted by atomic mass is 16.8. The van der Waals surface area contributed by atoms with Crippen molar-refractivity contribution in [2.75, 3.05) is 0 Å². The average Bonchev–Trinajstić information content (AvgIpc) is 4.18. The highest BCUT2D eigenvalue weighted by molar-refractivity contribution is 5.72. The second-order valence-corrected chi connectivity index (χ2v) is 25.7. The molecular weight excluding hydrogens is 945 g/mol. The van der Waals surface area contributed by atoms with Crippen LogP contribution < -0.4 is 0 Å². The summed E-state index contributed by atoms with van der Waals surface area (Å²) in [7, 11) is 0. The first-order valence-corrected chi connectivity index (χ1v) is 28.5. The minimum atomic E-state index is -0.896. The van der Waals surface area contributed by atoms with Gasteiger partial charge in [-0.15, -0.1) is 0 Å². The first kappa shape index (κ1) is 48.1. The molecule has 16 heterocycles. The number of carbonyl (C=O) groups excluding carboxylic acids is 2. The van der Waals surface area contributed by atoms with E-state index in [1.54, 1.807) is 0 Å². The van der Waals surface area contributed by atoms with Gasteiger partial charge in [-0.05, 0) is 73.8 Å². The van der Waals surface area contributed by atoms with Crippen molar-refractivity contribution in [3.8, 4) is 0 Å². The van der Waals surface area contributed by atoms with Crippen molar-refractivity contribution >= 4 is 11.9 Å². The molecular formula is C56H76O17. The van der Waals surface area contributed by atoms with Gasteiger partial charge in [0.15, 0.2) is 17.4 Å². The van der Waals surface area contributed by atoms with Crippen molar-refractivity contribution in [1.82, 2.24) is 0 Å². The molecule has 12 bridgehead atoms. The lowest BCUT2D eigenvalue weighted by atomic mass is 9.78. The number of carbonyl (C=O) groups is 2. The van der Waals surface area contributed by atoms with Gasteiger partial charge in [0.05, 0.1) is 98.3 Å². The lowest BCUT2D eigenvalue weighted by Crippen LogP contribution is -2.62. The molecule has 0 aromatic heterocycles. The summed E-state index contributed by atoms with van der Waals surface area (Å²) < 4.78 is 102. The molecule has 0 saturated carbocycles. The zero-order valence-corrected chi connectivity index (χ0v) is 42.9. The van der Waals surface area contributed by atoms with E-state index < -0.39 is 48.1 Å². The summed E-state index contributed by atoms with van der Waals surface area (Å²) in [5, 5.41) is 0. The fourth-order valence-electron chi connectivity index (χ4n) is 17.2. The zero-order chi connectivity index (χ0) is 49.4. The Morgan fingerprint density at radius 2 is 1.12 bits per heavy atom. The van der Waals surface area contributed by atoms with Gasteiger partial charge in [0.25, 0.3) is 0 Å². The molecule has 0 aromatic rings. The van der Waals surface area contributed by atoms with E-state index >= 15 is 0 Å². The monoisotopic (exact) mass is 1020 g/mol. The Hall–Kier alpha value is -2.10. The number of ether oxygens (including phenoxy) is 15. The van der Waals surface area contributed by atoms with E-state index in [9.17, 15) is 9.59 Å². The van der Waals surface area contributed by atoms with Gasteiger partial charge in [-0.3, -0.25) is 9.59 Å². The number of fused-ring (bicyclic) bond motifs is 10. The highest BCUT2D eigenvalue weighted by Gasteiger charge is 2.70. The van der Waals surface area contributed by atoms with E-state index in [-0.39, 0.29) is 146 Å². The summed E-state index contributed by atoms with van der Waals surface area (Å²) in [5.74, 6) is -2.72. The third kappa shape index (κ3) is 7.98. The van der Waals surface area contributed by atoms with Crippen LogP contribution in [0.2, 0.25) is 0 Å². The zero-order valence-electron chi connectivity index (χ0n) is 42.9. The van der Waals surface area contributed by atoms with E-state index in [0.717, 1.165) is 49.7 Å². The molecule has 16 saturated heterocycles. The van der Waals surface area contributed by atoms with Crippen molar-refractivity contribution in [3.63, 3.8) is 0 Å². The van der Waals surface area contributed by atoms with E-state index in [1.165, 1.54) is 0 Å². The predicted molar refractivity (Wildman–Crippen MR) is 251 cm³/mol. The molecule has 16 fully saturated rings. The molecule has 3 spiro atoms. The maximum Gasteiger partial charge on any atom is 0.308 e. The SMILES string of the molecule is C=C1C[C@@H]2CC[C@@]34C[C@@H]5O[C@@H]6C(O[C@H]7CC[C@H](CC(=O)O[C@@H]8[C@@H](C)[C@@H]9O[C@@H]%10C[C@]%11(C[C@@H]%12O[C@]%13(C[C@H](C)[C@@H]%14CC(=O)O[C@@H]%14O%13)C[C@H](C)[C@@H]%12O%11)O[C@@H]%10C[C@@H]9O[C@H]8C[C@@H]8O[C@@H](CC[C@@H]1O2)C[C@@H](C)C8=C)O[C@@H]7[C@@H]6O3)[C@@H]5O4. The predicted octanol–water partition coefficient (Wildman–Crippen LogP) is 6.18. The van der Waals surface area contributed by atoms with Crippen LogP contribution in [0, 0.1) is 29.6 Å². The van der Waals surface area contributed by atoms with Crippen LogP contribution in [0.1, 0.15) is 137 Å². The lowest BCUT2D eigenvalue weighted by Gasteiger charge is -2.50. The molecule has 16 aliphatic heterocycles. The third-order valence-electron chi connectivity index (χ3n) is 20.7. The van der Waals surface area contributed by atoms with Crippen LogP contribution in [0.25, 0.3) is 0 Å². The third-order valence-corrected chi connectivity index (χ3v) is 20.7. The second-order valence-electron chi connectivity index (χ2n) is 25.7. The van der Waals surface area contributed by atoms with Crippen molar-refractivity contribution in [1.29, 1.82) is 0 Å². The maximum atomic E-state index is 14.5. The van der Waals surface area contributed by atoms with E-state index in [1.807, 2.05) is 0 Å². The van der Waals surface area contributed by atoms with Crippen molar-refractivity contribution in [2.45, 2.75) is 283 Å². The fraction of sp³-hybridized carbons (Fsp3) is 0.893. The molecule has 0 N–H and O–H groups in total. The molecule has 0 amide bonds. The van der Waals surface area contributed by atoms with Crippen LogP contribution >= 0.6 is 0 Å². The minimum Gasteiger partial charge on any atom is -0.459 e. The Morgan fingerprint density at radius 1 is 0.438 bits per heavy atom. The molecule has 29 atom stereocenters. The number of hydrogen-bond donors (Lipinski definition) is 0. The summed E-state index contributed by atoms with van der Waals surface area (Å²) in [5.41, 5.74) is 2.17. The maximum absolute atomic E-state index is 14.5. The van der Waals surface area contributed by atoms with Gasteiger partial charge in [-0.1, -0.05) is 40.9 Å². The number of esters is 2. The van der Waals surface area contributed by atoms with Crippen molar-refractivity contribution < 1.29 is 80.6 Å². The Kier molecular flexibility index (Phi) is 11.5. The van der Waals surface area contributed by atoms with Crippen LogP contribution in [0.4, 0.5) is 0 Å². The molecule has 17 nitrogen and oxygen atoms in total. The highest BCUT2D eigenvalue weighted by Crippen LogP contribution is 2.58. The van der Waals surface area contributed by atoms with Crippen LogP contribution in [0.15, 0.2) is 24.3 Å². The van der Waals surface area contributed by atoms with Gasteiger partial charge in [0.1, 0.15) is 36.6 Å². The first-order chi connectivity index (χ1) is 35.1. The van der Waals surface area contributed by atoms with Gasteiger partial charge in [0, 0.05) is 63.2 Å². The number of rotatable bonds is 0. The molecule has 1 unspecified atom stereocenters. The standard InChI is InChI=1S/C56H76O17/c1-24-13-30-7-9-34-25(2)14-32(59-34)11-12-54-22-41-49(71-54)50-51(65-41)52(72-54)48-35(63-50)10-8-31(61-48)15-43(57)66-47-29(6)46-39(62-38(47)17-36(60-30)28(24)5)18-37-40(64-46)21-56(68-37)23-42-45(70-56)27(4)20-55(69-42)19-26(3)33-16-44(58)67-53(33)73-55/h24,26-27,29-42,45-53H,2,5,7-23H2,1,3-4,6H3/t24-,26+,27+,29+,30+,31-,32+,33+,34+,35+,36+,37-,38+,39+,40-,41+,42+,45+,46+,47-,48+,49-,50?,51-,52+,53-,54+,55+,56+/m1/s1. The minimum absolute atomic E-state index is 0.00673. The molecule has 16 rings (SSSR count). The normalized spacial score (nSPS) is 58.9. The largest absolute Gasteiger partial charge is 0.459 e. The summed E-state index contributed by atoms with van der Waals surface area (Å²) >= 11 is 0. The van der Waals surface area contributed by atoms with Gasteiger partial charge in [0.2, 0.25) is 6.29 Å². The van der Waals surface area contributed by atoms with Crippen LogP contribution in [0.3, 0.4) is 0 Å². The molecule has 17 heteroatoms. The van der Waals surface area contributed by atoms with Gasteiger partial charge in [-0.25, -0.2) is 0 Å². The van der Waals surface area contributed by atoms with Gasteiger partial charge in [-0.2, -0.15) is 0 Å². The van der Waals surface area contributed by atoms with E-state index in [0.29, 0.717) is 64.2 Å².